The minimum Gasteiger partial charge on any atom is -0.368 e. The van der Waals surface area contributed by atoms with Crippen LogP contribution in [0, 0.1) is 0 Å². The molecule has 4 aromatic rings. The van der Waals surface area contributed by atoms with Gasteiger partial charge in [0.05, 0.1) is 16.7 Å². The Balaban J connectivity index is 1.25. The third kappa shape index (κ3) is 3.49. The van der Waals surface area contributed by atoms with Crippen molar-refractivity contribution < 1.29 is 4.52 Å². The van der Waals surface area contributed by atoms with Gasteiger partial charge in [-0.2, -0.15) is 4.98 Å². The van der Waals surface area contributed by atoms with Crippen LogP contribution in [0.15, 0.2) is 53.6 Å². The van der Waals surface area contributed by atoms with Crippen LogP contribution in [-0.2, 0) is 5.41 Å². The van der Waals surface area contributed by atoms with E-state index in [1.165, 1.54) is 12.8 Å². The molecular weight excluding hydrogens is 416 g/mol. The van der Waals surface area contributed by atoms with E-state index < -0.39 is 0 Å². The summed E-state index contributed by atoms with van der Waals surface area (Å²) in [7, 11) is 0. The monoisotopic (exact) mass is 440 g/mol. The number of hydrogen-bond donors (Lipinski definition) is 1. The van der Waals surface area contributed by atoms with Gasteiger partial charge in [0.15, 0.2) is 5.82 Å². The van der Waals surface area contributed by atoms with Crippen LogP contribution >= 0.6 is 0 Å². The summed E-state index contributed by atoms with van der Waals surface area (Å²) in [6.45, 7) is 2.13. The molecule has 0 bridgehead atoms. The van der Waals surface area contributed by atoms with Crippen LogP contribution < -0.4 is 10.6 Å². The van der Waals surface area contributed by atoms with Crippen molar-refractivity contribution in [2.75, 3.05) is 23.7 Å². The van der Waals surface area contributed by atoms with Gasteiger partial charge in [-0.05, 0) is 49.4 Å². The van der Waals surface area contributed by atoms with E-state index in [2.05, 4.69) is 36.1 Å². The topological polar surface area (TPSA) is 120 Å². The second kappa shape index (κ2) is 7.91. The third-order valence-electron chi connectivity index (χ3n) is 6.77. The van der Waals surface area contributed by atoms with Crippen molar-refractivity contribution in [2.24, 2.45) is 0 Å². The van der Waals surface area contributed by atoms with E-state index in [0.29, 0.717) is 11.7 Å². The molecule has 0 unspecified atom stereocenters. The molecule has 0 amide bonds. The predicted octanol–water partition coefficient (Wildman–Crippen LogP) is 3.64. The Bertz CT molecular complexity index is 1240. The maximum absolute atomic E-state index is 5.66. The van der Waals surface area contributed by atoms with Crippen molar-refractivity contribution in [1.82, 2.24) is 30.1 Å². The molecule has 2 N–H and O–H groups in total. The van der Waals surface area contributed by atoms with Crippen molar-refractivity contribution in [3.63, 3.8) is 0 Å². The number of aromatic nitrogens is 6. The molecule has 1 aliphatic carbocycles. The molecule has 4 aromatic heterocycles. The highest BCUT2D eigenvalue weighted by Crippen LogP contribution is 2.48. The Kier molecular flexibility index (Phi) is 4.74. The molecule has 0 spiro atoms. The lowest BCUT2D eigenvalue weighted by Crippen LogP contribution is -2.36. The lowest BCUT2D eigenvalue weighted by molar-refractivity contribution is 0.272. The Labute approximate surface area is 191 Å². The lowest BCUT2D eigenvalue weighted by atomic mass is 9.64. The Morgan fingerprint density at radius 2 is 1.61 bits per heavy atom. The van der Waals surface area contributed by atoms with E-state index in [4.69, 9.17) is 15.2 Å². The first-order chi connectivity index (χ1) is 16.2. The molecule has 2 aliphatic rings. The molecule has 5 heterocycles. The molecule has 0 aromatic carbocycles. The number of hydrogen-bond acceptors (Lipinski definition) is 9. The summed E-state index contributed by atoms with van der Waals surface area (Å²) in [4.78, 5) is 24.4. The number of pyridine rings is 2. The average Bonchev–Trinajstić information content (AvgIpc) is 3.53. The van der Waals surface area contributed by atoms with E-state index in [9.17, 15) is 0 Å². The van der Waals surface area contributed by atoms with E-state index in [1.807, 2.05) is 30.6 Å². The number of anilines is 2. The average molecular weight is 441 g/mol. The minimum atomic E-state index is -0.270. The molecule has 6 rings (SSSR count). The Morgan fingerprint density at radius 1 is 0.818 bits per heavy atom. The van der Waals surface area contributed by atoms with E-state index in [-0.39, 0.29) is 11.4 Å². The second-order valence-electron chi connectivity index (χ2n) is 8.72. The zero-order valence-corrected chi connectivity index (χ0v) is 18.2. The van der Waals surface area contributed by atoms with Crippen LogP contribution in [0.3, 0.4) is 0 Å². The fourth-order valence-electron chi connectivity index (χ4n) is 4.67. The normalized spacial score (nSPS) is 17.2. The summed E-state index contributed by atoms with van der Waals surface area (Å²) in [5.74, 6) is 2.46. The SMILES string of the molecule is Nc1ncc(-c2ccc(C3(c4noc(-c5ccc(N6CCCC6)nc5)n4)CCC3)cn2)cn1. The molecular formula is C24H24N8O. The van der Waals surface area contributed by atoms with Gasteiger partial charge in [0.2, 0.25) is 5.95 Å². The second-order valence-corrected chi connectivity index (χ2v) is 8.72. The quantitative estimate of drug-likeness (QED) is 0.496. The van der Waals surface area contributed by atoms with E-state index in [0.717, 1.165) is 60.6 Å². The molecule has 0 radical (unpaired) electrons. The standard InChI is InChI=1S/C24H24N8O/c25-23-28-13-17(14-29-23)19-6-5-18(15-26-19)24(8-3-9-24)22-30-21(33-31-22)16-4-7-20(27-12-16)32-10-1-2-11-32/h4-7,12-15H,1-3,8-11H2,(H2,25,28,29). The summed E-state index contributed by atoms with van der Waals surface area (Å²) in [5.41, 5.74) is 8.86. The summed E-state index contributed by atoms with van der Waals surface area (Å²) >= 11 is 0. The predicted molar refractivity (Wildman–Crippen MR) is 123 cm³/mol. The van der Waals surface area contributed by atoms with Crippen LogP contribution in [0.1, 0.15) is 43.5 Å². The van der Waals surface area contributed by atoms with Gasteiger partial charge in [-0.15, -0.1) is 0 Å². The van der Waals surface area contributed by atoms with Crippen LogP contribution in [0.5, 0.6) is 0 Å². The van der Waals surface area contributed by atoms with Gasteiger partial charge in [0.25, 0.3) is 5.89 Å². The van der Waals surface area contributed by atoms with E-state index >= 15 is 0 Å². The van der Waals surface area contributed by atoms with Crippen molar-refractivity contribution in [3.05, 3.63) is 60.4 Å². The molecule has 166 valence electrons. The molecule has 2 fully saturated rings. The molecule has 33 heavy (non-hydrogen) atoms. The first-order valence-corrected chi connectivity index (χ1v) is 11.3. The highest BCUT2D eigenvalue weighted by atomic mass is 16.5. The van der Waals surface area contributed by atoms with Crippen LogP contribution in [-0.4, -0.2) is 43.2 Å². The summed E-state index contributed by atoms with van der Waals surface area (Å²) in [6.07, 6.45) is 12.6. The number of nitrogen functional groups attached to an aromatic ring is 1. The first kappa shape index (κ1) is 19.8. The smallest absolute Gasteiger partial charge is 0.259 e. The fraction of sp³-hybridized carbons (Fsp3) is 0.333. The van der Waals surface area contributed by atoms with Crippen molar-refractivity contribution >= 4 is 11.8 Å². The molecule has 1 aliphatic heterocycles. The van der Waals surface area contributed by atoms with Crippen molar-refractivity contribution in [3.8, 4) is 22.7 Å². The van der Waals surface area contributed by atoms with Gasteiger partial charge in [-0.1, -0.05) is 17.6 Å². The van der Waals surface area contributed by atoms with E-state index in [1.54, 1.807) is 12.4 Å². The first-order valence-electron chi connectivity index (χ1n) is 11.3. The highest BCUT2D eigenvalue weighted by molar-refractivity contribution is 5.58. The van der Waals surface area contributed by atoms with Gasteiger partial charge >= 0.3 is 0 Å². The largest absolute Gasteiger partial charge is 0.368 e. The highest BCUT2D eigenvalue weighted by Gasteiger charge is 2.45. The maximum atomic E-state index is 5.66. The molecule has 1 saturated heterocycles. The van der Waals surface area contributed by atoms with Gasteiger partial charge in [-0.25, -0.2) is 15.0 Å². The van der Waals surface area contributed by atoms with Crippen LogP contribution in [0.2, 0.25) is 0 Å². The van der Waals surface area contributed by atoms with Crippen LogP contribution in [0.4, 0.5) is 11.8 Å². The Morgan fingerprint density at radius 3 is 2.24 bits per heavy atom. The van der Waals surface area contributed by atoms with Gasteiger partial charge in [0, 0.05) is 43.4 Å². The summed E-state index contributed by atoms with van der Waals surface area (Å²) < 4.78 is 5.66. The lowest BCUT2D eigenvalue weighted by Gasteiger charge is -2.39. The molecule has 9 nitrogen and oxygen atoms in total. The van der Waals surface area contributed by atoms with Crippen molar-refractivity contribution in [1.29, 1.82) is 0 Å². The van der Waals surface area contributed by atoms with Gasteiger partial charge in [0.1, 0.15) is 5.82 Å². The fourth-order valence-corrected chi connectivity index (χ4v) is 4.67. The minimum absolute atomic E-state index is 0.248. The molecule has 0 atom stereocenters. The maximum Gasteiger partial charge on any atom is 0.259 e. The summed E-state index contributed by atoms with van der Waals surface area (Å²) in [5, 5.41) is 4.37. The van der Waals surface area contributed by atoms with Gasteiger partial charge < -0.3 is 15.2 Å². The number of nitrogens with zero attached hydrogens (tertiary/aromatic N) is 7. The van der Waals surface area contributed by atoms with Crippen molar-refractivity contribution in [2.45, 2.75) is 37.5 Å². The van der Waals surface area contributed by atoms with Gasteiger partial charge in [-0.3, -0.25) is 4.98 Å². The molecule has 9 heteroatoms. The number of rotatable bonds is 5. The number of nitrogens with two attached hydrogens (primary N) is 1. The molecule has 1 saturated carbocycles. The third-order valence-corrected chi connectivity index (χ3v) is 6.77. The zero-order chi connectivity index (χ0) is 22.3. The zero-order valence-electron chi connectivity index (χ0n) is 18.2. The summed E-state index contributed by atoms with van der Waals surface area (Å²) in [6, 6.07) is 8.11. The van der Waals surface area contributed by atoms with Crippen LogP contribution in [0.25, 0.3) is 22.7 Å². The Hall–Kier alpha value is -3.88.